The summed E-state index contributed by atoms with van der Waals surface area (Å²) in [6.45, 7) is 7.05. The second-order valence-electron chi connectivity index (χ2n) is 12.2. The van der Waals surface area contributed by atoms with Crippen LogP contribution in [0.3, 0.4) is 0 Å². The van der Waals surface area contributed by atoms with Gasteiger partial charge in [-0.25, -0.2) is 4.79 Å². The van der Waals surface area contributed by atoms with Crippen molar-refractivity contribution in [2.45, 2.75) is 74.5 Å². The van der Waals surface area contributed by atoms with Gasteiger partial charge in [0, 0.05) is 39.2 Å². The minimum atomic E-state index is -1.90. The molecule has 8 nitrogen and oxygen atoms in total. The first-order valence-corrected chi connectivity index (χ1v) is 15.9. The fraction of sp³-hybridized carbons (Fsp3) is 0.485. The Labute approximate surface area is 274 Å². The molecule has 2 aromatic carbocycles. The molecule has 0 spiro atoms. The number of aliphatic hydroxyl groups is 1. The average molecular weight is 665 g/mol. The summed E-state index contributed by atoms with van der Waals surface area (Å²) in [6, 6.07) is 16.4. The quantitative estimate of drug-likeness (QED) is 0.368. The maximum atomic E-state index is 14.4. The molecule has 3 amide bonds. The van der Waals surface area contributed by atoms with Crippen LogP contribution in [0.5, 0.6) is 0 Å². The van der Waals surface area contributed by atoms with Crippen LogP contribution in [0.4, 0.5) is 4.79 Å². The molecule has 3 unspecified atom stereocenters. The lowest BCUT2D eigenvalue weighted by molar-refractivity contribution is -0.135. The highest BCUT2D eigenvalue weighted by molar-refractivity contribution is 6.68. The molecule has 2 bridgehead atoms. The normalized spacial score (nSPS) is 19.5. The Morgan fingerprint density at radius 3 is 2.32 bits per heavy atom. The zero-order valence-corrected chi connectivity index (χ0v) is 28.0. The Hall–Kier alpha value is -2.78. The number of alkyl halides is 3. The molecule has 0 saturated carbocycles. The summed E-state index contributed by atoms with van der Waals surface area (Å²) in [6.07, 6.45) is 0.141. The number of halogens is 3. The maximum absolute atomic E-state index is 14.4. The predicted octanol–water partition coefficient (Wildman–Crippen LogP) is 5.66. The zero-order valence-electron chi connectivity index (χ0n) is 25.7. The van der Waals surface area contributed by atoms with Crippen molar-refractivity contribution in [1.82, 2.24) is 14.7 Å². The number of hydrogen-bond donors (Lipinski definition) is 1. The molecule has 4 rings (SSSR count). The van der Waals surface area contributed by atoms with Crippen LogP contribution in [0.25, 0.3) is 5.57 Å². The van der Waals surface area contributed by atoms with Crippen molar-refractivity contribution in [2.24, 2.45) is 0 Å². The molecule has 1 saturated heterocycles. The van der Waals surface area contributed by atoms with Gasteiger partial charge in [-0.1, -0.05) is 89.4 Å². The molecule has 44 heavy (non-hydrogen) atoms. The monoisotopic (exact) mass is 663 g/mol. The van der Waals surface area contributed by atoms with Crippen molar-refractivity contribution in [3.63, 3.8) is 0 Å². The van der Waals surface area contributed by atoms with Crippen molar-refractivity contribution >= 4 is 58.3 Å². The number of carbonyl (C=O) groups excluding carboxylic acids is 3. The van der Waals surface area contributed by atoms with Crippen LogP contribution in [0.2, 0.25) is 0 Å². The molecule has 2 heterocycles. The van der Waals surface area contributed by atoms with E-state index in [0.717, 1.165) is 22.3 Å². The number of hydrogen-bond acceptors (Lipinski definition) is 5. The number of amides is 3. The Bertz CT molecular complexity index is 1410. The van der Waals surface area contributed by atoms with E-state index >= 15 is 0 Å². The molecule has 0 radical (unpaired) electrons. The van der Waals surface area contributed by atoms with Gasteiger partial charge in [0.1, 0.15) is 0 Å². The molecular formula is C33H40Cl3N3O5. The highest BCUT2D eigenvalue weighted by atomic mass is 35.6. The number of fused-ring (bicyclic) bond motifs is 2. The van der Waals surface area contributed by atoms with Crippen LogP contribution >= 0.6 is 34.8 Å². The van der Waals surface area contributed by atoms with E-state index in [9.17, 15) is 19.5 Å². The average Bonchev–Trinajstić information content (AvgIpc) is 2.94. The number of benzene rings is 2. The zero-order chi connectivity index (χ0) is 32.4. The number of aliphatic hydroxyl groups excluding tert-OH is 1. The van der Waals surface area contributed by atoms with E-state index in [0.29, 0.717) is 31.4 Å². The molecular weight excluding hydrogens is 625 g/mol. The Morgan fingerprint density at radius 2 is 1.70 bits per heavy atom. The topological polar surface area (TPSA) is 90.4 Å². The van der Waals surface area contributed by atoms with Gasteiger partial charge in [0.2, 0.25) is 9.70 Å². The first-order valence-electron chi connectivity index (χ1n) is 14.7. The second kappa shape index (κ2) is 13.7. The molecule has 11 heteroatoms. The van der Waals surface area contributed by atoms with Crippen LogP contribution in [0.1, 0.15) is 50.8 Å². The van der Waals surface area contributed by atoms with Crippen molar-refractivity contribution in [3.05, 3.63) is 76.9 Å². The van der Waals surface area contributed by atoms with Crippen LogP contribution in [0.15, 0.2) is 60.2 Å². The van der Waals surface area contributed by atoms with Gasteiger partial charge in [0.05, 0.1) is 18.2 Å². The molecule has 2 aliphatic heterocycles. The lowest BCUT2D eigenvalue weighted by Gasteiger charge is -2.51. The Morgan fingerprint density at radius 1 is 1.05 bits per heavy atom. The van der Waals surface area contributed by atoms with Crippen molar-refractivity contribution in [3.8, 4) is 0 Å². The summed E-state index contributed by atoms with van der Waals surface area (Å²) in [5, 5.41) is 10.0. The fourth-order valence-electron chi connectivity index (χ4n) is 5.79. The van der Waals surface area contributed by atoms with Crippen molar-refractivity contribution in [2.75, 3.05) is 26.7 Å². The molecule has 1 fully saturated rings. The predicted molar refractivity (Wildman–Crippen MR) is 174 cm³/mol. The Balaban J connectivity index is 1.80. The minimum Gasteiger partial charge on any atom is -0.439 e. The van der Waals surface area contributed by atoms with Crippen LogP contribution in [-0.2, 0) is 27.2 Å². The standard InChI is InChI=1S/C33H40Cl3N3O5/c1-21(40)16-24-12-9-13-25(17-24)27-18-26-19-38(22(2)41)20-28(39(26)31(43)44-32(3,4)33(34,35)36)29(27)30(42)37(5)15-14-23-10-7-6-8-11-23/h6-13,17,21,26,28,40H,14-16,18-20H2,1-5H3. The molecule has 2 aromatic rings. The first-order chi connectivity index (χ1) is 20.6. The second-order valence-corrected chi connectivity index (χ2v) is 14.5. The van der Waals surface area contributed by atoms with Crippen LogP contribution in [-0.4, -0.2) is 92.0 Å². The largest absolute Gasteiger partial charge is 0.439 e. The van der Waals surface area contributed by atoms with E-state index in [-0.39, 0.29) is 24.9 Å². The van der Waals surface area contributed by atoms with E-state index in [1.165, 1.54) is 20.8 Å². The fourth-order valence-corrected chi connectivity index (χ4v) is 5.91. The van der Waals surface area contributed by atoms with Gasteiger partial charge < -0.3 is 19.6 Å². The van der Waals surface area contributed by atoms with Gasteiger partial charge in [0.25, 0.3) is 5.91 Å². The SMILES string of the molecule is CC(=O)N1CC2CC(c3cccc(CC(C)O)c3)=C(C(=O)N(C)CCc3ccccc3)C(C1)N2C(=O)OC(C)(C)C(Cl)(Cl)Cl. The summed E-state index contributed by atoms with van der Waals surface area (Å²) in [7, 11) is 1.74. The number of carbonyl (C=O) groups is 3. The first kappa shape index (κ1) is 34.1. The van der Waals surface area contributed by atoms with Crippen LogP contribution in [0, 0.1) is 0 Å². The molecule has 238 valence electrons. The van der Waals surface area contributed by atoms with E-state index in [1.54, 1.807) is 28.7 Å². The van der Waals surface area contributed by atoms with E-state index in [1.807, 2.05) is 54.6 Å². The number of rotatable bonds is 8. The van der Waals surface area contributed by atoms with Crippen LogP contribution < -0.4 is 0 Å². The van der Waals surface area contributed by atoms with Gasteiger partial charge >= 0.3 is 6.09 Å². The summed E-state index contributed by atoms with van der Waals surface area (Å²) in [5.74, 6) is -0.398. The molecule has 0 aromatic heterocycles. The van der Waals surface area contributed by atoms with E-state index < -0.39 is 33.7 Å². The van der Waals surface area contributed by atoms with E-state index in [2.05, 4.69) is 0 Å². The Kier molecular flexibility index (Phi) is 10.6. The van der Waals surface area contributed by atoms with Gasteiger partial charge in [-0.2, -0.15) is 0 Å². The molecule has 0 aliphatic carbocycles. The van der Waals surface area contributed by atoms with E-state index in [4.69, 9.17) is 39.5 Å². The number of nitrogens with zero attached hydrogens (tertiary/aromatic N) is 3. The summed E-state index contributed by atoms with van der Waals surface area (Å²) < 4.78 is 3.88. The lowest BCUT2D eigenvalue weighted by atomic mass is 9.81. The highest BCUT2D eigenvalue weighted by Crippen LogP contribution is 2.43. The van der Waals surface area contributed by atoms with Gasteiger partial charge in [0.15, 0.2) is 5.60 Å². The van der Waals surface area contributed by atoms with Crippen molar-refractivity contribution in [1.29, 1.82) is 0 Å². The number of ether oxygens (including phenoxy) is 1. The smallest absolute Gasteiger partial charge is 0.411 e. The lowest BCUT2D eigenvalue weighted by Crippen LogP contribution is -2.65. The van der Waals surface area contributed by atoms with Crippen molar-refractivity contribution < 1.29 is 24.2 Å². The summed E-state index contributed by atoms with van der Waals surface area (Å²) >= 11 is 18.4. The maximum Gasteiger partial charge on any atom is 0.411 e. The third kappa shape index (κ3) is 7.71. The summed E-state index contributed by atoms with van der Waals surface area (Å²) in [5.41, 5.74) is 2.60. The van der Waals surface area contributed by atoms with Gasteiger partial charge in [-0.15, -0.1) is 0 Å². The van der Waals surface area contributed by atoms with Gasteiger partial charge in [-0.3, -0.25) is 14.5 Å². The third-order valence-corrected chi connectivity index (χ3v) is 9.66. The minimum absolute atomic E-state index is 0.111. The molecule has 2 aliphatic rings. The number of piperazine rings is 1. The van der Waals surface area contributed by atoms with Gasteiger partial charge in [-0.05, 0) is 62.3 Å². The third-order valence-electron chi connectivity index (χ3n) is 8.30. The highest BCUT2D eigenvalue weighted by Gasteiger charge is 2.51. The molecule has 1 N–H and O–H groups in total. The molecule has 3 atom stereocenters. The summed E-state index contributed by atoms with van der Waals surface area (Å²) in [4.78, 5) is 45.8. The number of likely N-dealkylation sites (N-methyl/N-ethyl adjacent to an activating group) is 1.